The third-order valence-corrected chi connectivity index (χ3v) is 2.75. The van der Waals surface area contributed by atoms with E-state index in [0.29, 0.717) is 12.3 Å². The maximum Gasteiger partial charge on any atom is 0.271 e. The molecule has 3 N–H and O–H groups in total. The summed E-state index contributed by atoms with van der Waals surface area (Å²) in [7, 11) is 0. The number of aromatic amines is 1. The maximum absolute atomic E-state index is 11.2. The quantitative estimate of drug-likeness (QED) is 0.754. The second-order valence-electron chi connectivity index (χ2n) is 4.18. The van der Waals surface area contributed by atoms with E-state index in [-0.39, 0.29) is 11.8 Å². The Labute approximate surface area is 108 Å². The number of H-pyrrole nitrogens is 1. The van der Waals surface area contributed by atoms with Gasteiger partial charge in [0.15, 0.2) is 5.69 Å². The lowest BCUT2D eigenvalue weighted by Gasteiger charge is -2.04. The molecule has 1 atom stereocenters. The van der Waals surface area contributed by atoms with Crippen LogP contribution in [0.25, 0.3) is 11.3 Å². The highest BCUT2D eigenvalue weighted by Crippen LogP contribution is 2.23. The van der Waals surface area contributed by atoms with E-state index in [0.717, 1.165) is 17.9 Å². The van der Waals surface area contributed by atoms with Gasteiger partial charge in [-0.2, -0.15) is 15.4 Å². The van der Waals surface area contributed by atoms with E-state index in [4.69, 9.17) is 15.2 Å². The van der Waals surface area contributed by atoms with Crippen molar-refractivity contribution in [1.82, 2.24) is 15.4 Å². The van der Waals surface area contributed by atoms with Crippen LogP contribution in [0.5, 0.6) is 5.75 Å². The number of ether oxygens (including phenoxy) is 2. The average Bonchev–Trinajstić information content (AvgIpc) is 3.11. The summed E-state index contributed by atoms with van der Waals surface area (Å²) in [6.07, 6.45) is 0.219. The highest BCUT2D eigenvalue weighted by atomic mass is 16.6. The van der Waals surface area contributed by atoms with Crippen molar-refractivity contribution in [2.75, 3.05) is 13.2 Å². The smallest absolute Gasteiger partial charge is 0.271 e. The van der Waals surface area contributed by atoms with E-state index in [9.17, 15) is 4.79 Å². The normalized spacial score (nSPS) is 17.2. The molecule has 0 bridgehead atoms. The second kappa shape index (κ2) is 4.69. The van der Waals surface area contributed by atoms with Crippen LogP contribution in [0, 0.1) is 0 Å². The fourth-order valence-electron chi connectivity index (χ4n) is 1.67. The summed E-state index contributed by atoms with van der Waals surface area (Å²) in [5.74, 6) is 0.123. The number of primary amides is 1. The fourth-order valence-corrected chi connectivity index (χ4v) is 1.67. The van der Waals surface area contributed by atoms with Crippen LogP contribution in [0.3, 0.4) is 0 Å². The molecule has 2 heterocycles. The first kappa shape index (κ1) is 11.7. The number of nitrogens with two attached hydrogens (primary N) is 1. The van der Waals surface area contributed by atoms with Gasteiger partial charge in [0.05, 0.1) is 6.61 Å². The van der Waals surface area contributed by atoms with Crippen molar-refractivity contribution >= 4 is 5.91 Å². The number of benzene rings is 1. The Hall–Kier alpha value is -2.41. The van der Waals surface area contributed by atoms with Crippen LogP contribution in [0.15, 0.2) is 24.3 Å². The van der Waals surface area contributed by atoms with Gasteiger partial charge in [0.2, 0.25) is 0 Å². The largest absolute Gasteiger partial charge is 0.491 e. The molecule has 2 aromatic rings. The zero-order valence-corrected chi connectivity index (χ0v) is 10.00. The molecule has 3 rings (SSSR count). The Kier molecular flexibility index (Phi) is 2.88. The lowest BCUT2D eigenvalue weighted by molar-refractivity contribution is 0.0996. The molecule has 0 aliphatic carbocycles. The van der Waals surface area contributed by atoms with E-state index in [1.54, 1.807) is 24.3 Å². The molecule has 19 heavy (non-hydrogen) atoms. The summed E-state index contributed by atoms with van der Waals surface area (Å²) in [4.78, 5) is 11.2. The molecular weight excluding hydrogens is 248 g/mol. The van der Waals surface area contributed by atoms with Gasteiger partial charge in [-0.15, -0.1) is 0 Å². The highest BCUT2D eigenvalue weighted by molar-refractivity contribution is 5.96. The number of aromatic nitrogens is 3. The number of hydrogen-bond donors (Lipinski definition) is 2. The third kappa shape index (κ3) is 2.55. The van der Waals surface area contributed by atoms with Gasteiger partial charge in [0.25, 0.3) is 5.91 Å². The SMILES string of the molecule is NC(=O)c1n[nH]nc1-c1ccc(OCC2CO2)cc1. The predicted molar refractivity (Wildman–Crippen MR) is 65.6 cm³/mol. The summed E-state index contributed by atoms with van der Waals surface area (Å²) >= 11 is 0. The highest BCUT2D eigenvalue weighted by Gasteiger charge is 2.23. The van der Waals surface area contributed by atoms with Crippen molar-refractivity contribution in [2.45, 2.75) is 6.10 Å². The van der Waals surface area contributed by atoms with Crippen molar-refractivity contribution in [3.63, 3.8) is 0 Å². The lowest BCUT2D eigenvalue weighted by atomic mass is 10.1. The molecule has 0 radical (unpaired) electrons. The molecule has 1 aliphatic heterocycles. The molecule has 1 aromatic heterocycles. The van der Waals surface area contributed by atoms with Gasteiger partial charge in [-0.05, 0) is 24.3 Å². The number of epoxide rings is 1. The Morgan fingerprint density at radius 2 is 2.16 bits per heavy atom. The molecule has 7 heteroatoms. The van der Waals surface area contributed by atoms with E-state index in [1.165, 1.54) is 0 Å². The Bertz CT molecular complexity index is 589. The van der Waals surface area contributed by atoms with Crippen molar-refractivity contribution in [2.24, 2.45) is 5.73 Å². The van der Waals surface area contributed by atoms with Crippen LogP contribution in [-0.4, -0.2) is 40.6 Å². The summed E-state index contributed by atoms with van der Waals surface area (Å²) in [6.45, 7) is 1.31. The summed E-state index contributed by atoms with van der Waals surface area (Å²) in [5, 5.41) is 10.0. The topological polar surface area (TPSA) is 106 Å². The minimum atomic E-state index is -0.616. The number of nitrogens with one attached hydrogen (secondary N) is 1. The van der Waals surface area contributed by atoms with E-state index >= 15 is 0 Å². The summed E-state index contributed by atoms with van der Waals surface area (Å²) < 4.78 is 10.6. The molecule has 98 valence electrons. The summed E-state index contributed by atoms with van der Waals surface area (Å²) in [6, 6.07) is 7.20. The van der Waals surface area contributed by atoms with Gasteiger partial charge in [-0.3, -0.25) is 4.79 Å². The fraction of sp³-hybridized carbons (Fsp3) is 0.250. The van der Waals surface area contributed by atoms with Gasteiger partial charge < -0.3 is 15.2 Å². The van der Waals surface area contributed by atoms with E-state index in [1.807, 2.05) is 0 Å². The number of carbonyl (C=O) groups excluding carboxylic acids is 1. The van der Waals surface area contributed by atoms with Crippen molar-refractivity contribution in [3.8, 4) is 17.0 Å². The van der Waals surface area contributed by atoms with Gasteiger partial charge >= 0.3 is 0 Å². The predicted octanol–water partition coefficient (Wildman–Crippen LogP) is 0.348. The van der Waals surface area contributed by atoms with Crippen molar-refractivity contribution in [3.05, 3.63) is 30.0 Å². The molecule has 1 aromatic carbocycles. The first-order valence-corrected chi connectivity index (χ1v) is 5.79. The second-order valence-corrected chi connectivity index (χ2v) is 4.18. The van der Waals surface area contributed by atoms with Gasteiger partial charge in [0, 0.05) is 5.56 Å². The van der Waals surface area contributed by atoms with Crippen LogP contribution < -0.4 is 10.5 Å². The van der Waals surface area contributed by atoms with Gasteiger partial charge in [-0.25, -0.2) is 0 Å². The van der Waals surface area contributed by atoms with Crippen LogP contribution in [0.2, 0.25) is 0 Å². The molecule has 1 unspecified atom stereocenters. The molecule has 1 fully saturated rings. The van der Waals surface area contributed by atoms with Crippen LogP contribution in [0.1, 0.15) is 10.5 Å². The van der Waals surface area contributed by atoms with E-state index in [2.05, 4.69) is 15.4 Å². The number of rotatable bonds is 5. The Morgan fingerprint density at radius 1 is 1.42 bits per heavy atom. The molecule has 0 saturated carbocycles. The molecule has 0 spiro atoms. The molecule has 1 amide bonds. The van der Waals surface area contributed by atoms with Gasteiger partial charge in [0.1, 0.15) is 24.2 Å². The molecule has 1 aliphatic rings. The van der Waals surface area contributed by atoms with Crippen LogP contribution >= 0.6 is 0 Å². The minimum absolute atomic E-state index is 0.125. The zero-order chi connectivity index (χ0) is 13.2. The first-order valence-electron chi connectivity index (χ1n) is 5.79. The average molecular weight is 260 g/mol. The summed E-state index contributed by atoms with van der Waals surface area (Å²) in [5.41, 5.74) is 6.52. The monoisotopic (exact) mass is 260 g/mol. The standard InChI is InChI=1S/C12H12N4O3/c13-12(17)11-10(14-16-15-11)7-1-3-8(4-2-7)18-5-9-6-19-9/h1-4,9H,5-6H2,(H2,13,17)(H,14,15,16). The molecule has 7 nitrogen and oxygen atoms in total. The Balaban J connectivity index is 1.77. The Morgan fingerprint density at radius 3 is 2.79 bits per heavy atom. The zero-order valence-electron chi connectivity index (χ0n) is 10.00. The first-order chi connectivity index (χ1) is 9.24. The third-order valence-electron chi connectivity index (χ3n) is 2.75. The van der Waals surface area contributed by atoms with Crippen LogP contribution in [0.4, 0.5) is 0 Å². The lowest BCUT2D eigenvalue weighted by Crippen LogP contribution is -2.12. The minimum Gasteiger partial charge on any atom is -0.491 e. The molecule has 1 saturated heterocycles. The number of amides is 1. The van der Waals surface area contributed by atoms with Gasteiger partial charge in [-0.1, -0.05) is 0 Å². The maximum atomic E-state index is 11.2. The van der Waals surface area contributed by atoms with Crippen molar-refractivity contribution in [1.29, 1.82) is 0 Å². The van der Waals surface area contributed by atoms with E-state index < -0.39 is 5.91 Å². The molecular formula is C12H12N4O3. The number of carbonyl (C=O) groups is 1. The number of nitrogens with zero attached hydrogens (tertiary/aromatic N) is 2. The number of hydrogen-bond acceptors (Lipinski definition) is 5. The van der Waals surface area contributed by atoms with Crippen LogP contribution in [-0.2, 0) is 4.74 Å². The van der Waals surface area contributed by atoms with Crippen molar-refractivity contribution < 1.29 is 14.3 Å².